The summed E-state index contributed by atoms with van der Waals surface area (Å²) in [5.41, 5.74) is 2.72. The Morgan fingerprint density at radius 3 is 2.96 bits per heavy atom. The number of rotatable bonds is 5. The maximum absolute atomic E-state index is 12.2. The van der Waals surface area contributed by atoms with Crippen molar-refractivity contribution >= 4 is 33.8 Å². The maximum Gasteiger partial charge on any atom is 0.238 e. The van der Waals surface area contributed by atoms with Crippen LogP contribution in [0.25, 0.3) is 0 Å². The molecule has 1 amide bonds. The van der Waals surface area contributed by atoms with Crippen molar-refractivity contribution in [2.45, 2.75) is 32.2 Å². The lowest BCUT2D eigenvalue weighted by Crippen LogP contribution is -2.30. The summed E-state index contributed by atoms with van der Waals surface area (Å²) in [5.74, 6) is -0.148. The predicted molar refractivity (Wildman–Crippen MR) is 97.6 cm³/mol. The molecule has 4 nitrogen and oxygen atoms in total. The van der Waals surface area contributed by atoms with E-state index >= 15 is 0 Å². The molecule has 6 heteroatoms. The van der Waals surface area contributed by atoms with Gasteiger partial charge in [0.2, 0.25) is 5.91 Å². The van der Waals surface area contributed by atoms with Crippen LogP contribution in [-0.2, 0) is 17.6 Å². The molecular weight excluding hydrogens is 342 g/mol. The number of carbonyl (C=O) groups excluding carboxylic acids is 1. The fraction of sp³-hybridized carbons (Fsp3) is 0.333. The van der Waals surface area contributed by atoms with Crippen molar-refractivity contribution in [3.8, 4) is 6.07 Å². The van der Waals surface area contributed by atoms with Crippen LogP contribution < -0.4 is 10.6 Å². The number of hydrogen-bond acceptors (Lipinski definition) is 4. The van der Waals surface area contributed by atoms with Gasteiger partial charge in [-0.1, -0.05) is 29.8 Å². The van der Waals surface area contributed by atoms with Crippen LogP contribution in [0.4, 0.5) is 5.00 Å². The average molecular weight is 360 g/mol. The van der Waals surface area contributed by atoms with Crippen molar-refractivity contribution in [3.05, 3.63) is 50.9 Å². The number of amides is 1. The van der Waals surface area contributed by atoms with E-state index in [1.54, 1.807) is 0 Å². The van der Waals surface area contributed by atoms with Gasteiger partial charge in [0, 0.05) is 15.9 Å². The van der Waals surface area contributed by atoms with Gasteiger partial charge in [-0.25, -0.2) is 0 Å². The third-order valence-corrected chi connectivity index (χ3v) is 5.78. The fourth-order valence-corrected chi connectivity index (χ4v) is 4.52. The summed E-state index contributed by atoms with van der Waals surface area (Å²) in [6, 6.07) is 9.78. The molecule has 3 rings (SSSR count). The van der Waals surface area contributed by atoms with Crippen molar-refractivity contribution in [1.29, 1.82) is 5.26 Å². The first-order valence-corrected chi connectivity index (χ1v) is 9.12. The van der Waals surface area contributed by atoms with Gasteiger partial charge in [0.25, 0.3) is 0 Å². The van der Waals surface area contributed by atoms with Crippen LogP contribution in [0, 0.1) is 11.3 Å². The van der Waals surface area contributed by atoms with E-state index in [-0.39, 0.29) is 18.5 Å². The molecule has 2 aromatic rings. The van der Waals surface area contributed by atoms with Crippen LogP contribution in [0.5, 0.6) is 0 Å². The highest BCUT2D eigenvalue weighted by atomic mass is 35.5. The first-order chi connectivity index (χ1) is 11.6. The van der Waals surface area contributed by atoms with Crippen LogP contribution in [0.3, 0.4) is 0 Å². The number of benzene rings is 1. The molecule has 1 aliphatic rings. The molecule has 1 aromatic heterocycles. The van der Waals surface area contributed by atoms with E-state index < -0.39 is 0 Å². The van der Waals surface area contributed by atoms with Crippen LogP contribution in [0.2, 0.25) is 5.02 Å². The summed E-state index contributed by atoms with van der Waals surface area (Å²) in [6.07, 6.45) is 3.04. The van der Waals surface area contributed by atoms with Crippen LogP contribution in [0.15, 0.2) is 24.3 Å². The number of nitrogens with zero attached hydrogens (tertiary/aromatic N) is 1. The van der Waals surface area contributed by atoms with E-state index in [0.717, 1.165) is 30.4 Å². The van der Waals surface area contributed by atoms with E-state index in [0.29, 0.717) is 15.6 Å². The largest absolute Gasteiger partial charge is 0.315 e. The lowest BCUT2D eigenvalue weighted by molar-refractivity contribution is -0.115. The molecule has 1 aromatic carbocycles. The molecule has 0 bridgehead atoms. The first-order valence-electron chi connectivity index (χ1n) is 7.92. The Labute approximate surface area is 150 Å². The first kappa shape index (κ1) is 17.0. The number of nitriles is 1. The van der Waals surface area contributed by atoms with Gasteiger partial charge in [0.15, 0.2) is 0 Å². The maximum atomic E-state index is 12.2. The van der Waals surface area contributed by atoms with E-state index in [1.807, 2.05) is 31.2 Å². The highest BCUT2D eigenvalue weighted by Gasteiger charge is 2.23. The van der Waals surface area contributed by atoms with Gasteiger partial charge in [0.1, 0.15) is 11.1 Å². The van der Waals surface area contributed by atoms with Crippen molar-refractivity contribution < 1.29 is 4.79 Å². The lowest BCUT2D eigenvalue weighted by Gasteiger charge is -2.15. The van der Waals surface area contributed by atoms with Crippen LogP contribution in [0.1, 0.15) is 41.0 Å². The number of aryl methyl sites for hydroxylation is 1. The molecule has 0 saturated carbocycles. The fourth-order valence-electron chi connectivity index (χ4n) is 2.96. The second-order valence-electron chi connectivity index (χ2n) is 5.85. The summed E-state index contributed by atoms with van der Waals surface area (Å²) in [7, 11) is 0. The van der Waals surface area contributed by atoms with E-state index in [2.05, 4.69) is 16.7 Å². The molecule has 1 heterocycles. The molecule has 1 atom stereocenters. The van der Waals surface area contributed by atoms with Gasteiger partial charge < -0.3 is 10.6 Å². The van der Waals surface area contributed by atoms with Crippen LogP contribution in [-0.4, -0.2) is 12.5 Å². The van der Waals surface area contributed by atoms with Gasteiger partial charge in [-0.05, 0) is 43.4 Å². The highest BCUT2D eigenvalue weighted by molar-refractivity contribution is 7.16. The third kappa shape index (κ3) is 3.46. The number of nitrogens with one attached hydrogen (secondary N) is 2. The summed E-state index contributed by atoms with van der Waals surface area (Å²) >= 11 is 7.70. The number of thiophene rings is 1. The molecule has 0 aliphatic heterocycles. The molecule has 124 valence electrons. The third-order valence-electron chi connectivity index (χ3n) is 4.23. The molecular formula is C18H18ClN3OS. The van der Waals surface area contributed by atoms with Gasteiger partial charge in [-0.2, -0.15) is 5.26 Å². The summed E-state index contributed by atoms with van der Waals surface area (Å²) in [4.78, 5) is 13.5. The number of carbonyl (C=O) groups is 1. The standard InChI is InChI=1S/C18H18ClN3OS/c1-11(12-5-2-3-7-15(12)19)21-10-17(23)22-18-14(9-20)13-6-4-8-16(13)24-18/h2-3,5,7,11,21H,4,6,8,10H2,1H3,(H,22,23)/t11-/m1/s1. The second kappa shape index (κ2) is 7.35. The Bertz CT molecular complexity index is 809. The number of halogens is 1. The minimum Gasteiger partial charge on any atom is -0.315 e. The Balaban J connectivity index is 1.61. The smallest absolute Gasteiger partial charge is 0.238 e. The normalized spacial score (nSPS) is 14.0. The summed E-state index contributed by atoms with van der Waals surface area (Å²) in [5, 5.41) is 16.8. The van der Waals surface area contributed by atoms with E-state index in [4.69, 9.17) is 11.6 Å². The molecule has 0 unspecified atom stereocenters. The van der Waals surface area contributed by atoms with E-state index in [1.165, 1.54) is 16.2 Å². The van der Waals surface area contributed by atoms with Gasteiger partial charge in [0.05, 0.1) is 12.1 Å². The predicted octanol–water partition coefficient (Wildman–Crippen LogP) is 4.05. The number of hydrogen-bond donors (Lipinski definition) is 2. The lowest BCUT2D eigenvalue weighted by atomic mass is 10.1. The molecule has 1 aliphatic carbocycles. The number of fused-ring (bicyclic) bond motifs is 1. The minimum atomic E-state index is -0.148. The number of anilines is 1. The van der Waals surface area contributed by atoms with Crippen molar-refractivity contribution in [2.75, 3.05) is 11.9 Å². The molecule has 2 N–H and O–H groups in total. The zero-order chi connectivity index (χ0) is 17.1. The van der Waals surface area contributed by atoms with Gasteiger partial charge >= 0.3 is 0 Å². The summed E-state index contributed by atoms with van der Waals surface area (Å²) in [6.45, 7) is 2.13. The van der Waals surface area contributed by atoms with Crippen molar-refractivity contribution in [3.63, 3.8) is 0 Å². The second-order valence-corrected chi connectivity index (χ2v) is 7.36. The monoisotopic (exact) mass is 359 g/mol. The molecule has 0 radical (unpaired) electrons. The zero-order valence-corrected chi connectivity index (χ0v) is 14.9. The highest BCUT2D eigenvalue weighted by Crippen LogP contribution is 2.38. The molecule has 0 fully saturated rings. The molecule has 0 spiro atoms. The SMILES string of the molecule is C[C@@H](NCC(=O)Nc1sc2c(c1C#N)CCC2)c1ccccc1Cl. The summed E-state index contributed by atoms with van der Waals surface area (Å²) < 4.78 is 0. The average Bonchev–Trinajstić information content (AvgIpc) is 3.13. The Morgan fingerprint density at radius 1 is 1.42 bits per heavy atom. The van der Waals surface area contributed by atoms with Crippen LogP contribution >= 0.6 is 22.9 Å². The Morgan fingerprint density at radius 2 is 2.21 bits per heavy atom. The van der Waals surface area contributed by atoms with Gasteiger partial charge in [-0.15, -0.1) is 11.3 Å². The van der Waals surface area contributed by atoms with Gasteiger partial charge in [-0.3, -0.25) is 4.79 Å². The quantitative estimate of drug-likeness (QED) is 0.846. The molecule has 24 heavy (non-hydrogen) atoms. The molecule has 0 saturated heterocycles. The Hall–Kier alpha value is -1.87. The Kier molecular flexibility index (Phi) is 5.20. The van der Waals surface area contributed by atoms with Crippen molar-refractivity contribution in [2.24, 2.45) is 0 Å². The van der Waals surface area contributed by atoms with Crippen molar-refractivity contribution in [1.82, 2.24) is 5.32 Å². The minimum absolute atomic E-state index is 0.0340. The zero-order valence-electron chi connectivity index (χ0n) is 13.4. The topological polar surface area (TPSA) is 64.9 Å². The van der Waals surface area contributed by atoms with E-state index in [9.17, 15) is 10.1 Å².